The van der Waals surface area contributed by atoms with Gasteiger partial charge < -0.3 is 4.90 Å². The Morgan fingerprint density at radius 3 is 2.50 bits per heavy atom. The van der Waals surface area contributed by atoms with Crippen LogP contribution in [0.5, 0.6) is 0 Å². The molecule has 1 aliphatic heterocycles. The lowest BCUT2D eigenvalue weighted by Crippen LogP contribution is -2.36. The van der Waals surface area contributed by atoms with Crippen LogP contribution in [0.1, 0.15) is 38.3 Å². The third-order valence-corrected chi connectivity index (χ3v) is 5.32. The molecule has 1 fully saturated rings. The van der Waals surface area contributed by atoms with E-state index in [1.165, 1.54) is 5.56 Å². The van der Waals surface area contributed by atoms with Gasteiger partial charge >= 0.3 is 0 Å². The number of amides is 1. The van der Waals surface area contributed by atoms with Gasteiger partial charge in [-0.2, -0.15) is 5.26 Å². The summed E-state index contributed by atoms with van der Waals surface area (Å²) in [5.74, 6) is 0.828. The number of benzene rings is 1. The molecule has 0 spiro atoms. The number of thioether (sulfide) groups is 1. The van der Waals surface area contributed by atoms with Crippen LogP contribution >= 0.6 is 11.8 Å². The molecule has 0 N–H and O–H groups in total. The van der Waals surface area contributed by atoms with Crippen LogP contribution in [0.15, 0.2) is 24.3 Å². The Labute approximate surface area is 149 Å². The molecule has 24 heavy (non-hydrogen) atoms. The summed E-state index contributed by atoms with van der Waals surface area (Å²) in [6.07, 6.45) is 1.02. The van der Waals surface area contributed by atoms with Crippen LogP contribution in [0.2, 0.25) is 0 Å². The maximum absolute atomic E-state index is 12.4. The zero-order valence-corrected chi connectivity index (χ0v) is 15.7. The Balaban J connectivity index is 1.83. The van der Waals surface area contributed by atoms with Crippen LogP contribution in [0.3, 0.4) is 0 Å². The van der Waals surface area contributed by atoms with Crippen molar-refractivity contribution in [2.75, 3.05) is 31.9 Å². The molecule has 2 rings (SSSR count). The summed E-state index contributed by atoms with van der Waals surface area (Å²) in [4.78, 5) is 16.8. The van der Waals surface area contributed by atoms with Crippen molar-refractivity contribution in [3.8, 4) is 6.07 Å². The fourth-order valence-corrected chi connectivity index (χ4v) is 3.43. The largest absolute Gasteiger partial charge is 0.341 e. The van der Waals surface area contributed by atoms with E-state index in [9.17, 15) is 4.79 Å². The van der Waals surface area contributed by atoms with Crippen molar-refractivity contribution in [2.45, 2.75) is 38.5 Å². The number of nitrogens with zero attached hydrogens (tertiary/aromatic N) is 3. The van der Waals surface area contributed by atoms with Gasteiger partial charge in [-0.3, -0.25) is 9.69 Å². The SMILES string of the molecule is CC(C)(C)SCC(=O)N1CCCN(Cc2ccc(C#N)cc2)CC1. The molecule has 1 heterocycles. The van der Waals surface area contributed by atoms with E-state index in [4.69, 9.17) is 5.26 Å². The Morgan fingerprint density at radius 2 is 1.88 bits per heavy atom. The van der Waals surface area contributed by atoms with Crippen molar-refractivity contribution >= 4 is 17.7 Å². The zero-order valence-electron chi connectivity index (χ0n) is 14.9. The summed E-state index contributed by atoms with van der Waals surface area (Å²) in [5.41, 5.74) is 1.92. The molecule has 1 aromatic carbocycles. The Bertz CT molecular complexity index is 586. The van der Waals surface area contributed by atoms with Crippen molar-refractivity contribution in [3.05, 3.63) is 35.4 Å². The Morgan fingerprint density at radius 1 is 1.17 bits per heavy atom. The number of carbonyl (C=O) groups is 1. The number of carbonyl (C=O) groups excluding carboxylic acids is 1. The van der Waals surface area contributed by atoms with E-state index < -0.39 is 0 Å². The lowest BCUT2D eigenvalue weighted by atomic mass is 10.1. The van der Waals surface area contributed by atoms with Crippen LogP contribution in [0.4, 0.5) is 0 Å². The summed E-state index contributed by atoms with van der Waals surface area (Å²) < 4.78 is 0.128. The fourth-order valence-electron chi connectivity index (χ4n) is 2.69. The lowest BCUT2D eigenvalue weighted by Gasteiger charge is -2.24. The summed E-state index contributed by atoms with van der Waals surface area (Å²) in [6, 6.07) is 9.92. The first kappa shape index (κ1) is 18.8. The molecule has 0 atom stereocenters. The maximum atomic E-state index is 12.4. The fraction of sp³-hybridized carbons (Fsp3) is 0.579. The molecule has 1 amide bonds. The van der Waals surface area contributed by atoms with E-state index in [1.807, 2.05) is 29.2 Å². The molecule has 130 valence electrons. The van der Waals surface area contributed by atoms with Crippen LogP contribution in [0, 0.1) is 11.3 Å². The van der Waals surface area contributed by atoms with Crippen molar-refractivity contribution in [1.82, 2.24) is 9.80 Å². The molecule has 0 unspecified atom stereocenters. The van der Waals surface area contributed by atoms with Crippen LogP contribution < -0.4 is 0 Å². The van der Waals surface area contributed by atoms with Gasteiger partial charge in [0.1, 0.15) is 0 Å². The standard InChI is InChI=1S/C19H27N3OS/c1-19(2,3)24-15-18(23)22-10-4-9-21(11-12-22)14-17-7-5-16(13-20)6-8-17/h5-8H,4,9-12,14-15H2,1-3H3. The van der Waals surface area contributed by atoms with Gasteiger partial charge in [0.25, 0.3) is 0 Å². The number of rotatable bonds is 4. The highest BCUT2D eigenvalue weighted by atomic mass is 32.2. The van der Waals surface area contributed by atoms with Gasteiger partial charge in [-0.15, -0.1) is 11.8 Å². The molecule has 0 bridgehead atoms. The summed E-state index contributed by atoms with van der Waals surface area (Å²) >= 11 is 1.72. The summed E-state index contributed by atoms with van der Waals surface area (Å²) in [5, 5.41) is 8.86. The molecule has 0 aromatic heterocycles. The zero-order chi connectivity index (χ0) is 17.6. The maximum Gasteiger partial charge on any atom is 0.232 e. The van der Waals surface area contributed by atoms with Crippen LogP contribution in [-0.4, -0.2) is 52.4 Å². The first-order valence-corrected chi connectivity index (χ1v) is 9.49. The van der Waals surface area contributed by atoms with Gasteiger partial charge in [-0.05, 0) is 24.1 Å². The second-order valence-corrected chi connectivity index (χ2v) is 9.02. The number of nitriles is 1. The molecular formula is C19H27N3OS. The molecule has 0 saturated carbocycles. The minimum absolute atomic E-state index is 0.128. The first-order valence-electron chi connectivity index (χ1n) is 8.50. The van der Waals surface area contributed by atoms with Crippen molar-refractivity contribution in [3.63, 3.8) is 0 Å². The molecule has 1 saturated heterocycles. The van der Waals surface area contributed by atoms with E-state index >= 15 is 0 Å². The molecule has 1 aromatic rings. The van der Waals surface area contributed by atoms with E-state index in [-0.39, 0.29) is 10.7 Å². The number of hydrogen-bond acceptors (Lipinski definition) is 4. The van der Waals surface area contributed by atoms with E-state index in [0.29, 0.717) is 11.3 Å². The third-order valence-electron chi connectivity index (χ3n) is 4.06. The first-order chi connectivity index (χ1) is 11.4. The summed E-state index contributed by atoms with van der Waals surface area (Å²) in [6.45, 7) is 10.9. The van der Waals surface area contributed by atoms with Gasteiger partial charge in [0.05, 0.1) is 17.4 Å². The molecule has 5 heteroatoms. The van der Waals surface area contributed by atoms with Gasteiger partial charge in [0.2, 0.25) is 5.91 Å². The monoisotopic (exact) mass is 345 g/mol. The third kappa shape index (κ3) is 6.18. The highest BCUT2D eigenvalue weighted by molar-refractivity contribution is 8.01. The average Bonchev–Trinajstić information content (AvgIpc) is 2.78. The molecular weight excluding hydrogens is 318 g/mol. The van der Waals surface area contributed by atoms with Gasteiger partial charge in [0.15, 0.2) is 0 Å². The molecule has 4 nitrogen and oxygen atoms in total. The topological polar surface area (TPSA) is 47.3 Å². The average molecular weight is 346 g/mol. The highest BCUT2D eigenvalue weighted by Gasteiger charge is 2.21. The lowest BCUT2D eigenvalue weighted by molar-refractivity contribution is -0.128. The van der Waals surface area contributed by atoms with E-state index in [0.717, 1.165) is 39.1 Å². The second kappa shape index (κ2) is 8.55. The normalized spacial score (nSPS) is 16.5. The van der Waals surface area contributed by atoms with Crippen molar-refractivity contribution in [1.29, 1.82) is 5.26 Å². The van der Waals surface area contributed by atoms with Crippen molar-refractivity contribution < 1.29 is 4.79 Å². The predicted octanol–water partition coefficient (Wildman–Crippen LogP) is 3.12. The quantitative estimate of drug-likeness (QED) is 0.841. The van der Waals surface area contributed by atoms with Gasteiger partial charge in [0, 0.05) is 37.5 Å². The molecule has 1 aliphatic rings. The number of hydrogen-bond donors (Lipinski definition) is 0. The predicted molar refractivity (Wildman–Crippen MR) is 99.8 cm³/mol. The minimum atomic E-state index is 0.128. The smallest absolute Gasteiger partial charge is 0.232 e. The second-order valence-electron chi connectivity index (χ2n) is 7.22. The Hall–Kier alpha value is -1.51. The van der Waals surface area contributed by atoms with E-state index in [2.05, 4.69) is 31.7 Å². The van der Waals surface area contributed by atoms with Crippen molar-refractivity contribution in [2.24, 2.45) is 0 Å². The molecule has 0 aliphatic carbocycles. The van der Waals surface area contributed by atoms with E-state index in [1.54, 1.807) is 11.8 Å². The van der Waals surface area contributed by atoms with Crippen LogP contribution in [0.25, 0.3) is 0 Å². The van der Waals surface area contributed by atoms with Gasteiger partial charge in [-0.25, -0.2) is 0 Å². The summed E-state index contributed by atoms with van der Waals surface area (Å²) in [7, 11) is 0. The van der Waals surface area contributed by atoms with Crippen LogP contribution in [-0.2, 0) is 11.3 Å². The molecule has 0 radical (unpaired) electrons. The van der Waals surface area contributed by atoms with Gasteiger partial charge in [-0.1, -0.05) is 32.9 Å². The minimum Gasteiger partial charge on any atom is -0.341 e. The highest BCUT2D eigenvalue weighted by Crippen LogP contribution is 2.23. The Kier molecular flexibility index (Phi) is 6.70.